The normalized spacial score (nSPS) is 17.4. The lowest BCUT2D eigenvalue weighted by molar-refractivity contribution is 0.0937. The molecule has 3 N–H and O–H groups in total. The lowest BCUT2D eigenvalue weighted by Gasteiger charge is -2.33. The molecule has 0 aliphatic heterocycles. The zero-order chi connectivity index (χ0) is 13.0. The van der Waals surface area contributed by atoms with Gasteiger partial charge >= 0.3 is 0 Å². The fourth-order valence-corrected chi connectivity index (χ4v) is 2.61. The van der Waals surface area contributed by atoms with E-state index in [4.69, 9.17) is 5.73 Å². The second-order valence-corrected chi connectivity index (χ2v) is 5.42. The Morgan fingerprint density at radius 3 is 2.53 bits per heavy atom. The first-order valence-corrected chi connectivity index (χ1v) is 6.73. The van der Waals surface area contributed by atoms with E-state index in [0.717, 1.165) is 24.0 Å². The van der Waals surface area contributed by atoms with Gasteiger partial charge in [-0.1, -0.05) is 37.5 Å². The third-order valence-electron chi connectivity index (χ3n) is 3.84. The Morgan fingerprint density at radius 2 is 1.89 bits per heavy atom. The molecule has 1 aromatic carbocycles. The molecule has 0 radical (unpaired) electrons. The molecule has 0 spiro atoms. The van der Waals surface area contributed by atoms with Crippen LogP contribution in [0.25, 0.3) is 0 Å². The minimum absolute atomic E-state index is 0. The first-order valence-electron chi connectivity index (χ1n) is 6.73. The summed E-state index contributed by atoms with van der Waals surface area (Å²) in [5.41, 5.74) is 7.86. The smallest absolute Gasteiger partial charge is 0.251 e. The molecule has 1 aliphatic carbocycles. The Morgan fingerprint density at radius 1 is 1.26 bits per heavy atom. The number of halogens is 1. The zero-order valence-electron chi connectivity index (χ0n) is 11.4. The largest absolute Gasteiger partial charge is 0.350 e. The van der Waals surface area contributed by atoms with Crippen LogP contribution in [0.2, 0.25) is 0 Å². The van der Waals surface area contributed by atoms with E-state index in [9.17, 15) is 4.79 Å². The average molecular weight is 283 g/mol. The van der Waals surface area contributed by atoms with Crippen molar-refractivity contribution in [3.8, 4) is 0 Å². The standard InChI is InChI=1S/C15H22N2O.ClH/c1-12-7-3-4-8-13(12)14(18)17-11-15(16)9-5-2-6-10-15;/h3-4,7-8H,2,5-6,9-11,16H2,1H3,(H,17,18);1H. The van der Waals surface area contributed by atoms with Gasteiger partial charge in [-0.2, -0.15) is 0 Å². The number of aryl methyl sites for hydroxylation is 1. The van der Waals surface area contributed by atoms with Gasteiger partial charge in [0, 0.05) is 17.6 Å². The molecule has 19 heavy (non-hydrogen) atoms. The van der Waals surface area contributed by atoms with Crippen LogP contribution in [0.3, 0.4) is 0 Å². The van der Waals surface area contributed by atoms with Crippen LogP contribution in [0.15, 0.2) is 24.3 Å². The summed E-state index contributed by atoms with van der Waals surface area (Å²) in [4.78, 5) is 12.1. The summed E-state index contributed by atoms with van der Waals surface area (Å²) in [5, 5.41) is 2.99. The van der Waals surface area contributed by atoms with Crippen LogP contribution in [0, 0.1) is 6.92 Å². The third-order valence-corrected chi connectivity index (χ3v) is 3.84. The summed E-state index contributed by atoms with van der Waals surface area (Å²) >= 11 is 0. The summed E-state index contributed by atoms with van der Waals surface area (Å²) in [6, 6.07) is 7.64. The van der Waals surface area contributed by atoms with E-state index in [2.05, 4.69) is 5.32 Å². The minimum Gasteiger partial charge on any atom is -0.350 e. The maximum Gasteiger partial charge on any atom is 0.251 e. The van der Waals surface area contributed by atoms with Crippen LogP contribution in [0.4, 0.5) is 0 Å². The molecule has 0 atom stereocenters. The van der Waals surface area contributed by atoms with E-state index in [1.54, 1.807) is 0 Å². The number of carbonyl (C=O) groups excluding carboxylic acids is 1. The number of rotatable bonds is 3. The van der Waals surface area contributed by atoms with Crippen LogP contribution in [-0.4, -0.2) is 18.0 Å². The number of hydrogen-bond acceptors (Lipinski definition) is 2. The highest BCUT2D eigenvalue weighted by atomic mass is 35.5. The van der Waals surface area contributed by atoms with Gasteiger partial charge in [0.2, 0.25) is 0 Å². The molecule has 1 aromatic rings. The Hall–Kier alpha value is -1.06. The summed E-state index contributed by atoms with van der Waals surface area (Å²) in [6.45, 7) is 2.54. The fraction of sp³-hybridized carbons (Fsp3) is 0.533. The molecule has 0 aromatic heterocycles. The fourth-order valence-electron chi connectivity index (χ4n) is 2.61. The van der Waals surface area contributed by atoms with Crippen LogP contribution < -0.4 is 11.1 Å². The number of amides is 1. The van der Waals surface area contributed by atoms with Crippen LogP contribution in [0.5, 0.6) is 0 Å². The second-order valence-electron chi connectivity index (χ2n) is 5.42. The molecule has 4 heteroatoms. The van der Waals surface area contributed by atoms with E-state index in [0.29, 0.717) is 6.54 Å². The summed E-state index contributed by atoms with van der Waals surface area (Å²) in [7, 11) is 0. The van der Waals surface area contributed by atoms with Crippen molar-refractivity contribution in [2.75, 3.05) is 6.54 Å². The number of nitrogens with two attached hydrogens (primary N) is 1. The van der Waals surface area contributed by atoms with Crippen molar-refractivity contribution < 1.29 is 4.79 Å². The molecular weight excluding hydrogens is 260 g/mol. The van der Waals surface area contributed by atoms with Gasteiger partial charge in [0.15, 0.2) is 0 Å². The van der Waals surface area contributed by atoms with Crippen molar-refractivity contribution >= 4 is 18.3 Å². The highest BCUT2D eigenvalue weighted by Gasteiger charge is 2.27. The lowest BCUT2D eigenvalue weighted by Crippen LogP contribution is -2.51. The van der Waals surface area contributed by atoms with E-state index >= 15 is 0 Å². The molecule has 1 aliphatic rings. The number of benzene rings is 1. The van der Waals surface area contributed by atoms with Gasteiger partial charge in [-0.3, -0.25) is 4.79 Å². The molecular formula is C15H23ClN2O. The Labute approximate surface area is 121 Å². The van der Waals surface area contributed by atoms with Gasteiger partial charge in [0.25, 0.3) is 5.91 Å². The molecule has 1 fully saturated rings. The number of hydrogen-bond donors (Lipinski definition) is 2. The van der Waals surface area contributed by atoms with Crippen LogP contribution in [0.1, 0.15) is 48.0 Å². The minimum atomic E-state index is -0.198. The molecule has 106 valence electrons. The maximum atomic E-state index is 12.1. The van der Waals surface area contributed by atoms with Gasteiger partial charge in [0.1, 0.15) is 0 Å². The molecule has 0 heterocycles. The molecule has 1 amide bonds. The van der Waals surface area contributed by atoms with E-state index < -0.39 is 0 Å². The third kappa shape index (κ3) is 4.22. The molecule has 3 nitrogen and oxygen atoms in total. The number of nitrogens with one attached hydrogen (secondary N) is 1. The predicted molar refractivity (Wildman–Crippen MR) is 80.8 cm³/mol. The van der Waals surface area contributed by atoms with E-state index in [1.165, 1.54) is 19.3 Å². The predicted octanol–water partition coefficient (Wildman–Crippen LogP) is 2.81. The molecule has 2 rings (SSSR count). The van der Waals surface area contributed by atoms with Gasteiger partial charge < -0.3 is 11.1 Å². The topological polar surface area (TPSA) is 55.1 Å². The second kappa shape index (κ2) is 6.92. The number of carbonyl (C=O) groups is 1. The van der Waals surface area contributed by atoms with Crippen LogP contribution in [-0.2, 0) is 0 Å². The maximum absolute atomic E-state index is 12.1. The lowest BCUT2D eigenvalue weighted by atomic mass is 9.82. The van der Waals surface area contributed by atoms with E-state index in [1.807, 2.05) is 31.2 Å². The quantitative estimate of drug-likeness (QED) is 0.896. The molecule has 0 unspecified atom stereocenters. The van der Waals surface area contributed by atoms with Gasteiger partial charge in [-0.25, -0.2) is 0 Å². The first kappa shape index (κ1) is 16.0. The van der Waals surface area contributed by atoms with Crippen molar-refractivity contribution in [2.45, 2.75) is 44.6 Å². The van der Waals surface area contributed by atoms with E-state index in [-0.39, 0.29) is 23.9 Å². The highest BCUT2D eigenvalue weighted by molar-refractivity contribution is 5.95. The Bertz CT molecular complexity index is 428. The summed E-state index contributed by atoms with van der Waals surface area (Å²) in [6.07, 6.45) is 5.65. The van der Waals surface area contributed by atoms with Gasteiger partial charge in [-0.15, -0.1) is 12.4 Å². The molecule has 0 saturated heterocycles. The van der Waals surface area contributed by atoms with Crippen LogP contribution >= 0.6 is 12.4 Å². The van der Waals surface area contributed by atoms with Gasteiger partial charge in [-0.05, 0) is 31.4 Å². The first-order chi connectivity index (χ1) is 8.61. The zero-order valence-corrected chi connectivity index (χ0v) is 12.3. The summed E-state index contributed by atoms with van der Waals surface area (Å²) in [5.74, 6) is -0.0106. The van der Waals surface area contributed by atoms with Gasteiger partial charge in [0.05, 0.1) is 0 Å². The van der Waals surface area contributed by atoms with Crippen molar-refractivity contribution in [1.82, 2.24) is 5.32 Å². The molecule has 0 bridgehead atoms. The Kier molecular flexibility index (Phi) is 5.83. The van der Waals surface area contributed by atoms with Crippen molar-refractivity contribution in [1.29, 1.82) is 0 Å². The monoisotopic (exact) mass is 282 g/mol. The van der Waals surface area contributed by atoms with Crippen molar-refractivity contribution in [2.24, 2.45) is 5.73 Å². The SMILES string of the molecule is Cc1ccccc1C(=O)NCC1(N)CCCCC1.Cl. The summed E-state index contributed by atoms with van der Waals surface area (Å²) < 4.78 is 0. The van der Waals surface area contributed by atoms with Crippen molar-refractivity contribution in [3.63, 3.8) is 0 Å². The van der Waals surface area contributed by atoms with Crippen molar-refractivity contribution in [3.05, 3.63) is 35.4 Å². The molecule has 1 saturated carbocycles. The Balaban J connectivity index is 0.00000180. The highest BCUT2D eigenvalue weighted by Crippen LogP contribution is 2.25. The average Bonchev–Trinajstić information content (AvgIpc) is 2.38.